The Labute approximate surface area is 250 Å². The fourth-order valence-corrected chi connectivity index (χ4v) is 7.43. The molecule has 2 saturated carbocycles. The minimum Gasteiger partial charge on any atom is -0.507 e. The molecule has 3 aliphatic rings. The third kappa shape index (κ3) is 4.57. The molecular weight excluding hydrogens is 552 g/mol. The van der Waals surface area contributed by atoms with Crippen molar-refractivity contribution in [2.75, 3.05) is 47.2 Å². The SMILES string of the molecule is CN(C)Cc1ccc(-c2cc(N(C)C)c3c(c2O)C(=O)C2C(=O)[C@@]4(O)C(=O)C(C(N)=O)C(=O)[C@H](N(C)C)[C@H]4C[C@H]2C3)cc1. The number of likely N-dealkylation sites (N-methyl/N-ethyl adjacent to an activating group) is 1. The summed E-state index contributed by atoms with van der Waals surface area (Å²) in [5, 5.41) is 23.4. The zero-order valence-electron chi connectivity index (χ0n) is 25.2. The summed E-state index contributed by atoms with van der Waals surface area (Å²) in [5.74, 6) is -10.6. The predicted octanol–water partition coefficient (Wildman–Crippen LogP) is 0.662. The van der Waals surface area contributed by atoms with E-state index in [0.29, 0.717) is 22.4 Å². The lowest BCUT2D eigenvalue weighted by Gasteiger charge is -2.52. The number of anilines is 1. The fourth-order valence-electron chi connectivity index (χ4n) is 7.43. The number of hydrogen-bond acceptors (Lipinski definition) is 10. The van der Waals surface area contributed by atoms with Crippen LogP contribution in [0.15, 0.2) is 30.3 Å². The van der Waals surface area contributed by atoms with E-state index in [2.05, 4.69) is 0 Å². The van der Waals surface area contributed by atoms with Gasteiger partial charge in [-0.2, -0.15) is 0 Å². The van der Waals surface area contributed by atoms with Gasteiger partial charge in [0.25, 0.3) is 0 Å². The lowest BCUT2D eigenvalue weighted by molar-refractivity contribution is -0.181. The van der Waals surface area contributed by atoms with Crippen LogP contribution < -0.4 is 10.6 Å². The number of aromatic hydroxyl groups is 1. The molecule has 3 aliphatic carbocycles. The largest absolute Gasteiger partial charge is 0.507 e. The molecule has 2 fully saturated rings. The van der Waals surface area contributed by atoms with Gasteiger partial charge in [0.15, 0.2) is 34.7 Å². The van der Waals surface area contributed by atoms with E-state index in [1.165, 1.54) is 4.90 Å². The van der Waals surface area contributed by atoms with Gasteiger partial charge in [-0.3, -0.25) is 28.9 Å². The van der Waals surface area contributed by atoms with E-state index in [1.807, 2.05) is 68.3 Å². The summed E-state index contributed by atoms with van der Waals surface area (Å²) in [6.45, 7) is 0.725. The molecular formula is C32H38N4O7. The van der Waals surface area contributed by atoms with Gasteiger partial charge >= 0.3 is 0 Å². The Bertz CT molecular complexity index is 1550. The summed E-state index contributed by atoms with van der Waals surface area (Å²) >= 11 is 0. The number of ketones is 4. The molecule has 1 amide bonds. The standard InChI is InChI=1S/C32H38N4O7/c1-34(2)14-15-7-9-16(10-8-15)18-13-21(35(3)4)19-11-17-12-20-25(36(5)6)28(39)24(31(33)42)30(41)32(20,43)29(40)22(17)27(38)23(19)26(18)37/h7-10,13,17,20,22,24-25,37,43H,11-12,14H2,1-6H3,(H2,33,42)/t17-,20-,22?,24?,25-,32-/m1/s1. The molecule has 43 heavy (non-hydrogen) atoms. The molecule has 11 nitrogen and oxygen atoms in total. The highest BCUT2D eigenvalue weighted by Crippen LogP contribution is 2.53. The van der Waals surface area contributed by atoms with Crippen LogP contribution in [-0.2, 0) is 32.1 Å². The molecule has 2 aromatic carbocycles. The molecule has 5 rings (SSSR count). The number of carbonyl (C=O) groups excluding carboxylic acids is 5. The number of carbonyl (C=O) groups is 5. The molecule has 228 valence electrons. The number of amides is 1. The average Bonchev–Trinajstić information content (AvgIpc) is 2.90. The third-order valence-corrected chi connectivity index (χ3v) is 9.28. The maximum Gasteiger partial charge on any atom is 0.235 e. The Morgan fingerprint density at radius 3 is 2.16 bits per heavy atom. The van der Waals surface area contributed by atoms with Gasteiger partial charge in [-0.05, 0) is 69.7 Å². The molecule has 2 aromatic rings. The van der Waals surface area contributed by atoms with E-state index >= 15 is 0 Å². The second-order valence-corrected chi connectivity index (χ2v) is 12.8. The highest BCUT2D eigenvalue weighted by molar-refractivity contribution is 6.32. The number of phenols is 1. The maximum absolute atomic E-state index is 14.2. The van der Waals surface area contributed by atoms with Crippen molar-refractivity contribution >= 4 is 34.7 Å². The molecule has 2 unspecified atom stereocenters. The number of hydrogen-bond donors (Lipinski definition) is 3. The first-order valence-electron chi connectivity index (χ1n) is 14.3. The van der Waals surface area contributed by atoms with Crippen molar-refractivity contribution in [2.45, 2.75) is 31.0 Å². The van der Waals surface area contributed by atoms with Crippen molar-refractivity contribution in [3.8, 4) is 16.9 Å². The summed E-state index contributed by atoms with van der Waals surface area (Å²) in [4.78, 5) is 72.7. The lowest BCUT2D eigenvalue weighted by Crippen LogP contribution is -2.74. The first-order chi connectivity index (χ1) is 20.1. The fraction of sp³-hybridized carbons (Fsp3) is 0.469. The van der Waals surface area contributed by atoms with E-state index in [-0.39, 0.29) is 24.2 Å². The minimum atomic E-state index is -2.75. The smallest absolute Gasteiger partial charge is 0.235 e. The average molecular weight is 591 g/mol. The van der Waals surface area contributed by atoms with Crippen LogP contribution in [0.4, 0.5) is 5.69 Å². The number of benzene rings is 2. The van der Waals surface area contributed by atoms with Gasteiger partial charge < -0.3 is 25.7 Å². The van der Waals surface area contributed by atoms with Gasteiger partial charge in [-0.25, -0.2) is 0 Å². The van der Waals surface area contributed by atoms with Gasteiger partial charge in [0.2, 0.25) is 5.91 Å². The van der Waals surface area contributed by atoms with E-state index in [4.69, 9.17) is 5.73 Å². The molecule has 6 atom stereocenters. The van der Waals surface area contributed by atoms with Crippen molar-refractivity contribution in [1.82, 2.24) is 9.80 Å². The van der Waals surface area contributed by atoms with Crippen molar-refractivity contribution in [2.24, 2.45) is 29.4 Å². The van der Waals surface area contributed by atoms with Gasteiger partial charge in [0, 0.05) is 37.8 Å². The number of aliphatic hydroxyl groups is 1. The van der Waals surface area contributed by atoms with Gasteiger partial charge in [0.05, 0.1) is 17.5 Å². The molecule has 0 aliphatic heterocycles. The molecule has 0 bridgehead atoms. The van der Waals surface area contributed by atoms with E-state index in [1.54, 1.807) is 14.1 Å². The van der Waals surface area contributed by atoms with Crippen LogP contribution in [0, 0.1) is 23.7 Å². The van der Waals surface area contributed by atoms with Crippen molar-refractivity contribution < 1.29 is 34.2 Å². The number of phenolic OH excluding ortho intramolecular Hbond substituents is 1. The van der Waals surface area contributed by atoms with Crippen LogP contribution in [0.5, 0.6) is 5.75 Å². The topological polar surface area (TPSA) is 162 Å². The second-order valence-electron chi connectivity index (χ2n) is 12.8. The first kappa shape index (κ1) is 30.5. The predicted molar refractivity (Wildman–Crippen MR) is 159 cm³/mol. The zero-order valence-corrected chi connectivity index (χ0v) is 25.2. The molecule has 0 spiro atoms. The van der Waals surface area contributed by atoms with Gasteiger partial charge in [-0.15, -0.1) is 0 Å². The van der Waals surface area contributed by atoms with Crippen molar-refractivity contribution in [3.05, 3.63) is 47.0 Å². The number of rotatable bonds is 6. The number of Topliss-reactive ketones (excluding diaryl/α,β-unsaturated/α-hetero) is 4. The van der Waals surface area contributed by atoms with Gasteiger partial charge in [-0.1, -0.05) is 24.3 Å². The normalized spacial score (nSPS) is 28.5. The number of nitrogens with zero attached hydrogens (tertiary/aromatic N) is 3. The van der Waals surface area contributed by atoms with Crippen LogP contribution in [0.25, 0.3) is 11.1 Å². The van der Waals surface area contributed by atoms with Crippen LogP contribution in [-0.4, -0.2) is 103 Å². The van der Waals surface area contributed by atoms with Crippen LogP contribution in [0.1, 0.15) is 27.9 Å². The highest BCUT2D eigenvalue weighted by Gasteiger charge is 2.69. The molecule has 0 radical (unpaired) electrons. The maximum atomic E-state index is 14.2. The van der Waals surface area contributed by atoms with Crippen molar-refractivity contribution in [3.63, 3.8) is 0 Å². The summed E-state index contributed by atoms with van der Waals surface area (Å²) in [6, 6.07) is 8.27. The minimum absolute atomic E-state index is 0.00656. The quantitative estimate of drug-likeness (QED) is 0.408. The molecule has 11 heteroatoms. The number of nitrogens with two attached hydrogens (primary N) is 1. The Balaban J connectivity index is 1.64. The second kappa shape index (κ2) is 10.7. The number of fused-ring (bicyclic) bond motifs is 3. The van der Waals surface area contributed by atoms with E-state index < -0.39 is 64.4 Å². The molecule has 0 aromatic heterocycles. The van der Waals surface area contributed by atoms with Crippen LogP contribution in [0.2, 0.25) is 0 Å². The third-order valence-electron chi connectivity index (χ3n) is 9.28. The molecule has 0 heterocycles. The molecule has 0 saturated heterocycles. The van der Waals surface area contributed by atoms with Crippen LogP contribution in [0.3, 0.4) is 0 Å². The van der Waals surface area contributed by atoms with Crippen LogP contribution >= 0.6 is 0 Å². The lowest BCUT2D eigenvalue weighted by atomic mass is 9.52. The summed E-state index contributed by atoms with van der Waals surface area (Å²) in [5.41, 5.74) is 6.02. The van der Waals surface area contributed by atoms with E-state index in [0.717, 1.165) is 12.1 Å². The van der Waals surface area contributed by atoms with Gasteiger partial charge in [0.1, 0.15) is 5.75 Å². The highest BCUT2D eigenvalue weighted by atomic mass is 16.3. The van der Waals surface area contributed by atoms with E-state index in [9.17, 15) is 34.2 Å². The Kier molecular flexibility index (Phi) is 7.56. The summed E-state index contributed by atoms with van der Waals surface area (Å²) in [7, 11) is 10.7. The molecule has 4 N–H and O–H groups in total. The Hall–Kier alpha value is -3.93. The number of primary amides is 1. The van der Waals surface area contributed by atoms with Crippen molar-refractivity contribution in [1.29, 1.82) is 0 Å². The summed E-state index contributed by atoms with van der Waals surface area (Å²) in [6.07, 6.45) is 0.210. The summed E-state index contributed by atoms with van der Waals surface area (Å²) < 4.78 is 0. The monoisotopic (exact) mass is 590 g/mol. The first-order valence-corrected chi connectivity index (χ1v) is 14.3. The Morgan fingerprint density at radius 1 is 1.00 bits per heavy atom. The zero-order chi connectivity index (χ0) is 31.7. The Morgan fingerprint density at radius 2 is 1.63 bits per heavy atom.